The second-order valence-corrected chi connectivity index (χ2v) is 4.72. The van der Waals surface area contributed by atoms with Gasteiger partial charge < -0.3 is 15.4 Å². The molecule has 1 aromatic heterocycles. The summed E-state index contributed by atoms with van der Waals surface area (Å²) < 4.78 is 5.84. The summed E-state index contributed by atoms with van der Waals surface area (Å²) in [5.41, 5.74) is 5.92. The van der Waals surface area contributed by atoms with Gasteiger partial charge in [-0.05, 0) is 12.8 Å². The minimum Gasteiger partial charge on any atom is -0.381 e. The van der Waals surface area contributed by atoms with Gasteiger partial charge in [0.05, 0.1) is 18.8 Å². The molecule has 1 saturated carbocycles. The summed E-state index contributed by atoms with van der Waals surface area (Å²) in [7, 11) is 0. The van der Waals surface area contributed by atoms with Crippen LogP contribution in [0.1, 0.15) is 25.7 Å². The fraction of sp³-hybridized carbons (Fsp3) is 0.667. The molecule has 92 valence electrons. The van der Waals surface area contributed by atoms with Crippen molar-refractivity contribution in [3.05, 3.63) is 12.4 Å². The molecule has 0 aromatic carbocycles. The molecule has 1 aliphatic heterocycles. The van der Waals surface area contributed by atoms with Crippen LogP contribution in [0.15, 0.2) is 12.4 Å². The fourth-order valence-electron chi connectivity index (χ4n) is 2.92. The Balaban J connectivity index is 1.88. The highest BCUT2D eigenvalue weighted by molar-refractivity contribution is 5.58. The number of fused-ring (bicyclic) bond motifs is 1. The molecule has 2 unspecified atom stereocenters. The largest absolute Gasteiger partial charge is 0.381 e. The van der Waals surface area contributed by atoms with Gasteiger partial charge in [0, 0.05) is 18.9 Å². The first-order valence-electron chi connectivity index (χ1n) is 6.31. The SMILES string of the molecule is Nc1nccnc1N1CCOC2CCCCC21. The van der Waals surface area contributed by atoms with E-state index in [9.17, 15) is 0 Å². The van der Waals surface area contributed by atoms with Gasteiger partial charge in [-0.25, -0.2) is 9.97 Å². The van der Waals surface area contributed by atoms with Crippen LogP contribution < -0.4 is 10.6 Å². The van der Waals surface area contributed by atoms with Crippen LogP contribution in [0, 0.1) is 0 Å². The summed E-state index contributed by atoms with van der Waals surface area (Å²) in [4.78, 5) is 10.8. The van der Waals surface area contributed by atoms with E-state index < -0.39 is 0 Å². The summed E-state index contributed by atoms with van der Waals surface area (Å²) >= 11 is 0. The van der Waals surface area contributed by atoms with Crippen molar-refractivity contribution < 1.29 is 4.74 Å². The van der Waals surface area contributed by atoms with E-state index in [-0.39, 0.29) is 0 Å². The third-order valence-electron chi connectivity index (χ3n) is 3.71. The lowest BCUT2D eigenvalue weighted by atomic mass is 9.90. The summed E-state index contributed by atoms with van der Waals surface area (Å²) in [5.74, 6) is 1.35. The van der Waals surface area contributed by atoms with Crippen LogP contribution in [-0.2, 0) is 4.74 Å². The number of morpholine rings is 1. The number of nitrogens with zero attached hydrogens (tertiary/aromatic N) is 3. The van der Waals surface area contributed by atoms with Crippen LogP contribution in [0.4, 0.5) is 11.6 Å². The molecule has 1 aromatic rings. The average Bonchev–Trinajstić information content (AvgIpc) is 2.39. The first-order valence-corrected chi connectivity index (χ1v) is 6.31. The van der Waals surface area contributed by atoms with Crippen LogP contribution in [-0.4, -0.2) is 35.3 Å². The monoisotopic (exact) mass is 234 g/mol. The molecule has 2 atom stereocenters. The van der Waals surface area contributed by atoms with Gasteiger partial charge in [-0.1, -0.05) is 12.8 Å². The maximum atomic E-state index is 5.92. The molecule has 2 fully saturated rings. The second kappa shape index (κ2) is 4.49. The smallest absolute Gasteiger partial charge is 0.171 e. The summed E-state index contributed by atoms with van der Waals surface area (Å²) in [6, 6.07) is 0.427. The predicted molar refractivity (Wildman–Crippen MR) is 65.8 cm³/mol. The lowest BCUT2D eigenvalue weighted by Crippen LogP contribution is -2.53. The zero-order chi connectivity index (χ0) is 11.7. The predicted octanol–water partition coefficient (Wildman–Crippen LogP) is 1.21. The molecule has 2 N–H and O–H groups in total. The molecule has 0 spiro atoms. The van der Waals surface area contributed by atoms with E-state index in [4.69, 9.17) is 10.5 Å². The first-order chi connectivity index (χ1) is 8.36. The Hall–Kier alpha value is -1.36. The quantitative estimate of drug-likeness (QED) is 0.791. The number of ether oxygens (including phenoxy) is 1. The minimum absolute atomic E-state index is 0.346. The number of hydrogen-bond acceptors (Lipinski definition) is 5. The molecular weight excluding hydrogens is 216 g/mol. The lowest BCUT2D eigenvalue weighted by molar-refractivity contribution is -0.00894. The third-order valence-corrected chi connectivity index (χ3v) is 3.71. The third kappa shape index (κ3) is 1.95. The molecule has 5 heteroatoms. The van der Waals surface area contributed by atoms with Crippen LogP contribution in [0.2, 0.25) is 0 Å². The zero-order valence-corrected chi connectivity index (χ0v) is 9.88. The van der Waals surface area contributed by atoms with Gasteiger partial charge in [0.2, 0.25) is 0 Å². The van der Waals surface area contributed by atoms with E-state index >= 15 is 0 Å². The van der Waals surface area contributed by atoms with Gasteiger partial charge in [-0.3, -0.25) is 0 Å². The second-order valence-electron chi connectivity index (χ2n) is 4.72. The summed E-state index contributed by atoms with van der Waals surface area (Å²) in [6.07, 6.45) is 8.55. The molecule has 0 amide bonds. The summed E-state index contributed by atoms with van der Waals surface area (Å²) in [5, 5.41) is 0. The van der Waals surface area contributed by atoms with Crippen molar-refractivity contribution in [2.45, 2.75) is 37.8 Å². The molecule has 0 radical (unpaired) electrons. The number of anilines is 2. The van der Waals surface area contributed by atoms with Crippen molar-refractivity contribution in [2.75, 3.05) is 23.8 Å². The molecule has 0 bridgehead atoms. The highest BCUT2D eigenvalue weighted by Crippen LogP contribution is 2.32. The van der Waals surface area contributed by atoms with Gasteiger partial charge in [0.25, 0.3) is 0 Å². The molecule has 17 heavy (non-hydrogen) atoms. The van der Waals surface area contributed by atoms with Crippen molar-refractivity contribution >= 4 is 11.6 Å². The molecular formula is C12H18N4O. The topological polar surface area (TPSA) is 64.3 Å². The fourth-order valence-corrected chi connectivity index (χ4v) is 2.92. The van der Waals surface area contributed by atoms with E-state index in [2.05, 4.69) is 14.9 Å². The number of rotatable bonds is 1. The summed E-state index contributed by atoms with van der Waals surface area (Å²) in [6.45, 7) is 1.63. The highest BCUT2D eigenvalue weighted by atomic mass is 16.5. The number of nitrogens with two attached hydrogens (primary N) is 1. The normalized spacial score (nSPS) is 28.8. The Labute approximate surface area is 101 Å². The highest BCUT2D eigenvalue weighted by Gasteiger charge is 2.35. The Morgan fingerprint density at radius 2 is 2.06 bits per heavy atom. The standard InChI is InChI=1S/C12H18N4O/c13-11-12(15-6-5-14-11)16-7-8-17-10-4-2-1-3-9(10)16/h5-6,9-10H,1-4,7-8H2,(H2,13,14). The van der Waals surface area contributed by atoms with E-state index in [1.165, 1.54) is 19.3 Å². The van der Waals surface area contributed by atoms with Gasteiger partial charge in [0.1, 0.15) is 0 Å². The van der Waals surface area contributed by atoms with Crippen molar-refractivity contribution in [3.8, 4) is 0 Å². The molecule has 5 nitrogen and oxygen atoms in total. The van der Waals surface area contributed by atoms with Crippen LogP contribution in [0.5, 0.6) is 0 Å². The Kier molecular flexibility index (Phi) is 2.84. The van der Waals surface area contributed by atoms with Crippen LogP contribution >= 0.6 is 0 Å². The maximum Gasteiger partial charge on any atom is 0.171 e. The molecule has 3 rings (SSSR count). The van der Waals surface area contributed by atoms with Gasteiger partial charge >= 0.3 is 0 Å². The van der Waals surface area contributed by atoms with Gasteiger partial charge in [-0.15, -0.1) is 0 Å². The lowest BCUT2D eigenvalue weighted by Gasteiger charge is -2.44. The molecule has 2 aliphatic rings. The van der Waals surface area contributed by atoms with Crippen molar-refractivity contribution in [2.24, 2.45) is 0 Å². The molecule has 1 aliphatic carbocycles. The van der Waals surface area contributed by atoms with Crippen LogP contribution in [0.25, 0.3) is 0 Å². The van der Waals surface area contributed by atoms with Crippen molar-refractivity contribution in [1.82, 2.24) is 9.97 Å². The Bertz CT molecular complexity index is 396. The Morgan fingerprint density at radius 3 is 2.94 bits per heavy atom. The van der Waals surface area contributed by atoms with E-state index in [0.717, 1.165) is 25.4 Å². The number of hydrogen-bond donors (Lipinski definition) is 1. The van der Waals surface area contributed by atoms with Crippen LogP contribution in [0.3, 0.4) is 0 Å². The first kappa shape index (κ1) is 10.8. The maximum absolute atomic E-state index is 5.92. The van der Waals surface area contributed by atoms with Crippen molar-refractivity contribution in [1.29, 1.82) is 0 Å². The number of nitrogen functional groups attached to an aromatic ring is 1. The molecule has 2 heterocycles. The van der Waals surface area contributed by atoms with Gasteiger partial charge in [-0.2, -0.15) is 0 Å². The van der Waals surface area contributed by atoms with E-state index in [1.54, 1.807) is 12.4 Å². The zero-order valence-electron chi connectivity index (χ0n) is 9.88. The van der Waals surface area contributed by atoms with E-state index in [1.807, 2.05) is 0 Å². The minimum atomic E-state index is 0.346. The van der Waals surface area contributed by atoms with Gasteiger partial charge in [0.15, 0.2) is 11.6 Å². The number of aromatic nitrogens is 2. The Morgan fingerprint density at radius 1 is 1.24 bits per heavy atom. The van der Waals surface area contributed by atoms with Crippen molar-refractivity contribution in [3.63, 3.8) is 0 Å². The van der Waals surface area contributed by atoms with E-state index in [0.29, 0.717) is 18.0 Å². The molecule has 1 saturated heterocycles. The average molecular weight is 234 g/mol.